The molecule has 8 aromatic carbocycles. The summed E-state index contributed by atoms with van der Waals surface area (Å²) in [7, 11) is 0. The third kappa shape index (κ3) is 5.96. The lowest BCUT2D eigenvalue weighted by Crippen LogP contribution is -2.53. The minimum absolute atomic E-state index is 0.00824. The van der Waals surface area contributed by atoms with Gasteiger partial charge in [0, 0.05) is 39.0 Å². The lowest BCUT2D eigenvalue weighted by molar-refractivity contribution is 0.218. The van der Waals surface area contributed by atoms with Crippen LogP contribution in [-0.2, 0) is 16.2 Å². The van der Waals surface area contributed by atoms with Crippen LogP contribution in [0.3, 0.4) is 0 Å². The Bertz CT molecular complexity index is 3350. The molecular weight excluding hydrogens is 833 g/mol. The third-order valence-corrected chi connectivity index (χ3v) is 19.5. The summed E-state index contributed by atoms with van der Waals surface area (Å²) < 4.78 is 0. The fourth-order valence-electron chi connectivity index (χ4n) is 15.4. The van der Waals surface area contributed by atoms with Crippen molar-refractivity contribution in [1.82, 2.24) is 0 Å². The number of anilines is 4. The molecule has 2 aliphatic heterocycles. The average molecular weight is 901 g/mol. The van der Waals surface area contributed by atoms with Gasteiger partial charge in [-0.1, -0.05) is 176 Å². The summed E-state index contributed by atoms with van der Waals surface area (Å²) in [6.45, 7) is 15.3. The third-order valence-electron chi connectivity index (χ3n) is 19.5. The Labute approximate surface area is 411 Å². The van der Waals surface area contributed by atoms with E-state index in [2.05, 4.69) is 209 Å². The maximum Gasteiger partial charge on any atom is 0.0517 e. The molecule has 0 bridgehead atoms. The number of nitrogens with zero attached hydrogens (tertiary/aromatic N) is 2. The van der Waals surface area contributed by atoms with Crippen LogP contribution >= 0.6 is 0 Å². The number of fused-ring (bicyclic) bond motifs is 14. The van der Waals surface area contributed by atoms with Crippen molar-refractivity contribution < 1.29 is 0 Å². The Balaban J connectivity index is 0.920. The molecule has 0 N–H and O–H groups in total. The smallest absolute Gasteiger partial charge is 0.0517 e. The second-order valence-corrected chi connectivity index (χ2v) is 23.3. The van der Waals surface area contributed by atoms with Crippen LogP contribution < -0.4 is 9.80 Å². The number of rotatable bonds is 4. The first kappa shape index (κ1) is 42.9. The standard InChI is InChI=1S/C67H68N2/c1-63(2)56-42-46(48-32-36-60-58(44-48)65(4)38-20-8-10-22-40-67(65,6)69(60)50-25-15-12-16-26-50)30-34-54(56)61-52-28-18-17-27-51(52)55-41-45(29-33-53(55)62(61)63)47-31-35-59-57(43-47)64(3)37-19-7-9-21-39-66(64,5)68(59)49-23-13-11-14-24-49/h11-18,23-36,41-44H,7-10,19-22,37-40H2,1-6H3. The first-order valence-electron chi connectivity index (χ1n) is 26.6. The van der Waals surface area contributed by atoms with Crippen LogP contribution in [0.2, 0.25) is 0 Å². The van der Waals surface area contributed by atoms with Crippen molar-refractivity contribution in [3.05, 3.63) is 180 Å². The van der Waals surface area contributed by atoms with Crippen molar-refractivity contribution >= 4 is 44.3 Å². The van der Waals surface area contributed by atoms with Crippen LogP contribution in [-0.4, -0.2) is 11.1 Å². The quantitative estimate of drug-likeness (QED) is 0.162. The summed E-state index contributed by atoms with van der Waals surface area (Å²) in [5, 5.41) is 5.43. The van der Waals surface area contributed by atoms with Crippen molar-refractivity contribution in [2.75, 3.05) is 9.80 Å². The van der Waals surface area contributed by atoms with Gasteiger partial charge in [0.1, 0.15) is 0 Å². The van der Waals surface area contributed by atoms with E-state index in [1.807, 2.05) is 0 Å². The molecule has 3 aliphatic carbocycles. The largest absolute Gasteiger partial charge is 0.334 e. The molecule has 8 aromatic rings. The Morgan fingerprint density at radius 1 is 0.348 bits per heavy atom. The van der Waals surface area contributed by atoms with Crippen molar-refractivity contribution in [1.29, 1.82) is 0 Å². The van der Waals surface area contributed by atoms with Gasteiger partial charge in [-0.2, -0.15) is 0 Å². The Morgan fingerprint density at radius 3 is 1.32 bits per heavy atom. The second-order valence-electron chi connectivity index (χ2n) is 23.3. The van der Waals surface area contributed by atoms with Crippen LogP contribution in [0.1, 0.15) is 141 Å². The lowest BCUT2D eigenvalue weighted by atomic mass is 9.63. The molecule has 69 heavy (non-hydrogen) atoms. The zero-order chi connectivity index (χ0) is 46.9. The van der Waals surface area contributed by atoms with Crippen molar-refractivity contribution in [2.45, 2.75) is 146 Å². The van der Waals surface area contributed by atoms with Crippen LogP contribution in [0.25, 0.3) is 54.9 Å². The van der Waals surface area contributed by atoms with Gasteiger partial charge in [0.2, 0.25) is 0 Å². The Hall–Kier alpha value is -6.12. The van der Waals surface area contributed by atoms with Gasteiger partial charge in [-0.25, -0.2) is 0 Å². The summed E-state index contributed by atoms with van der Waals surface area (Å²) in [4.78, 5) is 5.44. The number of hydrogen-bond acceptors (Lipinski definition) is 2. The van der Waals surface area contributed by atoms with Gasteiger partial charge < -0.3 is 9.80 Å². The van der Waals surface area contributed by atoms with Crippen LogP contribution in [0.15, 0.2) is 158 Å². The fourth-order valence-corrected chi connectivity index (χ4v) is 15.4. The highest BCUT2D eigenvalue weighted by atomic mass is 15.3. The molecule has 2 heterocycles. The van der Waals surface area contributed by atoms with E-state index in [1.54, 1.807) is 0 Å². The van der Waals surface area contributed by atoms with Gasteiger partial charge in [0.25, 0.3) is 0 Å². The Kier molecular flexibility index (Phi) is 9.61. The maximum absolute atomic E-state index is 2.72. The first-order chi connectivity index (χ1) is 33.5. The van der Waals surface area contributed by atoms with E-state index in [0.29, 0.717) is 0 Å². The summed E-state index contributed by atoms with van der Waals surface area (Å²) in [5.74, 6) is 0. The number of benzene rings is 8. The normalized spacial score (nSPS) is 25.7. The molecule has 5 aliphatic rings. The van der Waals surface area contributed by atoms with E-state index in [4.69, 9.17) is 0 Å². The van der Waals surface area contributed by atoms with Crippen LogP contribution in [0.4, 0.5) is 22.7 Å². The van der Waals surface area contributed by atoms with E-state index in [1.165, 1.54) is 177 Å². The molecule has 2 fully saturated rings. The molecule has 4 atom stereocenters. The zero-order valence-electron chi connectivity index (χ0n) is 41.9. The SMILES string of the molecule is CC1(C)c2cc(-c3ccc4c(c3)C3(C)CCCCCCC3(C)N4c3ccccc3)ccc2-c2c1c1ccc(-c3ccc4c(c3)C3(C)CCCCCCC3(C)N4c3ccccc3)cc1c1ccccc21. The van der Waals surface area contributed by atoms with Crippen LogP contribution in [0.5, 0.6) is 0 Å². The molecule has 2 nitrogen and oxygen atoms in total. The highest BCUT2D eigenvalue weighted by molar-refractivity contribution is 6.19. The van der Waals surface area contributed by atoms with Gasteiger partial charge in [-0.15, -0.1) is 0 Å². The summed E-state index contributed by atoms with van der Waals surface area (Å²) in [5.41, 5.74) is 19.3. The second kappa shape index (κ2) is 15.4. The fraction of sp³-hybridized carbons (Fsp3) is 0.343. The summed E-state index contributed by atoms with van der Waals surface area (Å²) in [6.07, 6.45) is 15.3. The molecule has 2 saturated carbocycles. The van der Waals surface area contributed by atoms with Crippen molar-refractivity contribution in [3.8, 4) is 33.4 Å². The molecule has 0 radical (unpaired) electrons. The molecule has 2 heteroatoms. The Morgan fingerprint density at radius 2 is 0.783 bits per heavy atom. The van der Waals surface area contributed by atoms with E-state index in [0.717, 1.165) is 0 Å². The van der Waals surface area contributed by atoms with E-state index < -0.39 is 0 Å². The average Bonchev–Trinajstić information content (AvgIpc) is 3.80. The van der Waals surface area contributed by atoms with Crippen LogP contribution in [0, 0.1) is 0 Å². The van der Waals surface area contributed by atoms with Crippen molar-refractivity contribution in [3.63, 3.8) is 0 Å². The van der Waals surface area contributed by atoms with Gasteiger partial charge in [0.15, 0.2) is 0 Å². The molecule has 0 spiro atoms. The summed E-state index contributed by atoms with van der Waals surface area (Å²) >= 11 is 0. The van der Waals surface area contributed by atoms with Gasteiger partial charge >= 0.3 is 0 Å². The monoisotopic (exact) mass is 901 g/mol. The summed E-state index contributed by atoms with van der Waals surface area (Å²) in [6, 6.07) is 61.5. The van der Waals surface area contributed by atoms with Gasteiger partial charge in [-0.3, -0.25) is 0 Å². The predicted molar refractivity (Wildman–Crippen MR) is 294 cm³/mol. The number of hydrogen-bond donors (Lipinski definition) is 0. The maximum atomic E-state index is 2.72. The van der Waals surface area contributed by atoms with E-state index >= 15 is 0 Å². The molecular formula is C67H68N2. The molecule has 4 unspecified atom stereocenters. The van der Waals surface area contributed by atoms with Gasteiger partial charge in [-0.05, 0) is 177 Å². The first-order valence-corrected chi connectivity index (χ1v) is 26.6. The van der Waals surface area contributed by atoms with E-state index in [-0.39, 0.29) is 27.3 Å². The van der Waals surface area contributed by atoms with Gasteiger partial charge in [0.05, 0.1) is 11.1 Å². The topological polar surface area (TPSA) is 6.48 Å². The highest BCUT2D eigenvalue weighted by Gasteiger charge is 2.58. The molecule has 0 amide bonds. The predicted octanol–water partition coefficient (Wildman–Crippen LogP) is 18.7. The lowest BCUT2D eigenvalue weighted by Gasteiger charge is -2.48. The minimum Gasteiger partial charge on any atom is -0.334 e. The molecule has 13 rings (SSSR count). The number of para-hydroxylation sites is 2. The highest BCUT2D eigenvalue weighted by Crippen LogP contribution is 2.63. The van der Waals surface area contributed by atoms with E-state index in [9.17, 15) is 0 Å². The molecule has 0 aromatic heterocycles. The molecule has 0 saturated heterocycles. The van der Waals surface area contributed by atoms with Crippen molar-refractivity contribution in [2.24, 2.45) is 0 Å². The zero-order valence-corrected chi connectivity index (χ0v) is 41.9. The minimum atomic E-state index is -0.193. The molecule has 346 valence electrons.